The summed E-state index contributed by atoms with van der Waals surface area (Å²) < 4.78 is 13.6. The predicted octanol–water partition coefficient (Wildman–Crippen LogP) is 1.34. The molecule has 6 heteroatoms. The molecule has 16 heavy (non-hydrogen) atoms. The topological polar surface area (TPSA) is 68.0 Å². The van der Waals surface area contributed by atoms with Crippen LogP contribution in [0.25, 0.3) is 0 Å². The maximum atomic E-state index is 13.4. The molecule has 1 amide bonds. The number of carbonyl (C=O) groups is 1. The van der Waals surface area contributed by atoms with Crippen molar-refractivity contribution in [3.05, 3.63) is 28.2 Å². The minimum Gasteiger partial charge on any atom is -0.370 e. The van der Waals surface area contributed by atoms with E-state index < -0.39 is 0 Å². The molecule has 0 unspecified atom stereocenters. The molecule has 3 N–H and O–H groups in total. The van der Waals surface area contributed by atoms with Crippen molar-refractivity contribution in [1.29, 1.82) is 0 Å². The highest BCUT2D eigenvalue weighted by Crippen LogP contribution is 2.15. The Hall–Kier alpha value is -1.01. The van der Waals surface area contributed by atoms with Crippen molar-refractivity contribution in [1.82, 2.24) is 10.3 Å². The van der Waals surface area contributed by atoms with E-state index in [0.29, 0.717) is 31.5 Å². The van der Waals surface area contributed by atoms with Crippen LogP contribution in [0.2, 0.25) is 0 Å². The molecule has 0 aliphatic rings. The van der Waals surface area contributed by atoms with Crippen molar-refractivity contribution in [3.63, 3.8) is 0 Å². The van der Waals surface area contributed by atoms with Gasteiger partial charge in [-0.15, -0.1) is 0 Å². The highest BCUT2D eigenvalue weighted by molar-refractivity contribution is 9.10. The number of pyridine rings is 1. The van der Waals surface area contributed by atoms with E-state index in [2.05, 4.69) is 26.2 Å². The third kappa shape index (κ3) is 4.24. The second-order valence-corrected chi connectivity index (χ2v) is 4.07. The summed E-state index contributed by atoms with van der Waals surface area (Å²) in [6.45, 7) is 1.04. The van der Waals surface area contributed by atoms with Crippen LogP contribution in [0.1, 0.15) is 18.4 Å². The second-order valence-electron chi connectivity index (χ2n) is 3.32. The number of hydrogen-bond donors (Lipinski definition) is 2. The number of nitrogens with one attached hydrogen (secondary N) is 1. The first-order valence-corrected chi connectivity index (χ1v) is 5.68. The molecule has 0 aliphatic heterocycles. The van der Waals surface area contributed by atoms with Crippen LogP contribution in [-0.4, -0.2) is 17.4 Å². The number of aromatic nitrogens is 1. The quantitative estimate of drug-likeness (QED) is 0.613. The van der Waals surface area contributed by atoms with Gasteiger partial charge in [0, 0.05) is 24.7 Å². The van der Waals surface area contributed by atoms with Crippen molar-refractivity contribution in [2.24, 2.45) is 5.73 Å². The summed E-state index contributed by atoms with van der Waals surface area (Å²) in [6.07, 6.45) is 2.53. The van der Waals surface area contributed by atoms with Gasteiger partial charge in [-0.25, -0.2) is 9.37 Å². The van der Waals surface area contributed by atoms with Crippen molar-refractivity contribution in [2.75, 3.05) is 6.54 Å². The van der Waals surface area contributed by atoms with Crippen molar-refractivity contribution >= 4 is 21.8 Å². The molecule has 88 valence electrons. The fourth-order valence-corrected chi connectivity index (χ4v) is 1.58. The van der Waals surface area contributed by atoms with E-state index in [0.717, 1.165) is 0 Å². The molecule has 1 heterocycles. The highest BCUT2D eigenvalue weighted by Gasteiger charge is 2.05. The molecular weight excluding hydrogens is 277 g/mol. The van der Waals surface area contributed by atoms with Crippen molar-refractivity contribution in [2.45, 2.75) is 19.4 Å². The lowest BCUT2D eigenvalue weighted by Gasteiger charge is -2.05. The Morgan fingerprint density at radius 2 is 2.38 bits per heavy atom. The third-order valence-electron chi connectivity index (χ3n) is 2.02. The number of hydrogen-bond acceptors (Lipinski definition) is 3. The Kier molecular flexibility index (Phi) is 5.34. The highest BCUT2D eigenvalue weighted by atomic mass is 79.9. The summed E-state index contributed by atoms with van der Waals surface area (Å²) >= 11 is 3.01. The van der Waals surface area contributed by atoms with Crippen LogP contribution in [0.5, 0.6) is 0 Å². The van der Waals surface area contributed by atoms with Gasteiger partial charge >= 0.3 is 0 Å². The zero-order valence-electron chi connectivity index (χ0n) is 8.67. The molecule has 1 rings (SSSR count). The van der Waals surface area contributed by atoms with Gasteiger partial charge in [0.2, 0.25) is 5.91 Å². The molecule has 1 aromatic rings. The summed E-state index contributed by atoms with van der Waals surface area (Å²) in [5.41, 5.74) is 5.53. The van der Waals surface area contributed by atoms with Gasteiger partial charge in [-0.1, -0.05) is 0 Å². The number of amides is 1. The lowest BCUT2D eigenvalue weighted by molar-refractivity contribution is -0.118. The number of rotatable bonds is 6. The molecule has 0 aliphatic carbocycles. The Morgan fingerprint density at radius 1 is 1.62 bits per heavy atom. The molecule has 0 atom stereocenters. The monoisotopic (exact) mass is 289 g/mol. The molecule has 1 aromatic heterocycles. The molecule has 0 spiro atoms. The minimum absolute atomic E-state index is 0.212. The van der Waals surface area contributed by atoms with Crippen LogP contribution < -0.4 is 11.1 Å². The van der Waals surface area contributed by atoms with Crippen LogP contribution >= 0.6 is 15.9 Å². The average molecular weight is 290 g/mol. The number of nitrogens with two attached hydrogens (primary N) is 1. The Labute approximate surface area is 102 Å². The number of nitrogens with zero attached hydrogens (tertiary/aromatic N) is 1. The molecular formula is C10H13BrFN3O. The molecule has 0 fully saturated rings. The minimum atomic E-state index is -0.357. The van der Waals surface area contributed by atoms with E-state index in [1.807, 2.05) is 0 Å². The summed E-state index contributed by atoms with van der Waals surface area (Å²) in [5, 5.41) is 3.03. The molecule has 0 saturated carbocycles. The number of carbonyl (C=O) groups excluding carboxylic acids is 1. The molecule has 4 nitrogen and oxygen atoms in total. The van der Waals surface area contributed by atoms with Gasteiger partial charge in [-0.2, -0.15) is 0 Å². The average Bonchev–Trinajstić information content (AvgIpc) is 2.23. The first-order valence-electron chi connectivity index (χ1n) is 4.89. The van der Waals surface area contributed by atoms with Gasteiger partial charge < -0.3 is 11.1 Å². The fourth-order valence-electron chi connectivity index (χ4n) is 1.20. The first-order chi connectivity index (χ1) is 7.61. The molecule has 0 saturated heterocycles. The van der Waals surface area contributed by atoms with Crippen molar-refractivity contribution in [3.8, 4) is 0 Å². The molecule has 0 aromatic carbocycles. The Morgan fingerprint density at radius 3 is 3.06 bits per heavy atom. The van der Waals surface area contributed by atoms with E-state index >= 15 is 0 Å². The van der Waals surface area contributed by atoms with Gasteiger partial charge in [-0.05, 0) is 35.0 Å². The molecule has 0 bridgehead atoms. The van der Waals surface area contributed by atoms with E-state index in [4.69, 9.17) is 5.73 Å². The van der Waals surface area contributed by atoms with Gasteiger partial charge in [0.25, 0.3) is 0 Å². The first kappa shape index (κ1) is 13.1. The van der Waals surface area contributed by atoms with E-state index in [1.165, 1.54) is 6.20 Å². The van der Waals surface area contributed by atoms with Crippen molar-refractivity contribution < 1.29 is 9.18 Å². The predicted molar refractivity (Wildman–Crippen MR) is 62.0 cm³/mol. The lowest BCUT2D eigenvalue weighted by atomic mass is 10.2. The standard InChI is InChI=1S/C10H13BrFN3O/c11-10-9(12)7(3-5-15-10)6-14-4-1-2-8(13)16/h3,5,14H,1-2,4,6H2,(H2,13,16). The van der Waals surface area contributed by atoms with Gasteiger partial charge in [0.15, 0.2) is 5.82 Å². The van der Waals surface area contributed by atoms with Crippen LogP contribution in [-0.2, 0) is 11.3 Å². The van der Waals surface area contributed by atoms with E-state index in [9.17, 15) is 9.18 Å². The SMILES string of the molecule is NC(=O)CCCNCc1ccnc(Br)c1F. The summed E-state index contributed by atoms with van der Waals surface area (Å²) in [7, 11) is 0. The summed E-state index contributed by atoms with van der Waals surface area (Å²) in [4.78, 5) is 14.2. The largest absolute Gasteiger partial charge is 0.370 e. The summed E-state index contributed by atoms with van der Waals surface area (Å²) in [5.74, 6) is -0.676. The van der Waals surface area contributed by atoms with E-state index in [-0.39, 0.29) is 16.3 Å². The van der Waals surface area contributed by atoms with Gasteiger partial charge in [-0.3, -0.25) is 4.79 Å². The van der Waals surface area contributed by atoms with Crippen LogP contribution in [0.15, 0.2) is 16.9 Å². The maximum Gasteiger partial charge on any atom is 0.217 e. The number of halogens is 2. The maximum absolute atomic E-state index is 13.4. The lowest BCUT2D eigenvalue weighted by Crippen LogP contribution is -2.18. The molecule has 0 radical (unpaired) electrons. The van der Waals surface area contributed by atoms with Crippen LogP contribution in [0.3, 0.4) is 0 Å². The second kappa shape index (κ2) is 6.55. The number of primary amides is 1. The van der Waals surface area contributed by atoms with Gasteiger partial charge in [0.1, 0.15) is 4.60 Å². The fraction of sp³-hybridized carbons (Fsp3) is 0.400. The normalized spacial score (nSPS) is 10.4. The smallest absolute Gasteiger partial charge is 0.217 e. The van der Waals surface area contributed by atoms with Gasteiger partial charge in [0.05, 0.1) is 0 Å². The van der Waals surface area contributed by atoms with E-state index in [1.54, 1.807) is 6.07 Å². The summed E-state index contributed by atoms with van der Waals surface area (Å²) in [6, 6.07) is 1.61. The van der Waals surface area contributed by atoms with Crippen LogP contribution in [0.4, 0.5) is 4.39 Å². The Bertz CT molecular complexity index is 373. The third-order valence-corrected chi connectivity index (χ3v) is 2.57. The Balaban J connectivity index is 2.32. The zero-order valence-corrected chi connectivity index (χ0v) is 10.3. The van der Waals surface area contributed by atoms with Crippen LogP contribution in [0, 0.1) is 5.82 Å². The zero-order chi connectivity index (χ0) is 12.0.